The number of nitrogens with one attached hydrogen (secondary N) is 1. The SMILES string of the molecule is Cc1cccnc1C(=O)N1CCC2(CCNCC2)CC1.Cl.Cl. The van der Waals surface area contributed by atoms with E-state index in [0.717, 1.165) is 44.6 Å². The molecule has 0 radical (unpaired) electrons. The number of likely N-dealkylation sites (tertiary alicyclic amines) is 1. The van der Waals surface area contributed by atoms with Gasteiger partial charge in [-0.15, -0.1) is 24.8 Å². The molecular weight excluding hydrogens is 321 g/mol. The van der Waals surface area contributed by atoms with Crippen molar-refractivity contribution in [3.8, 4) is 0 Å². The van der Waals surface area contributed by atoms with Crippen molar-refractivity contribution < 1.29 is 4.79 Å². The van der Waals surface area contributed by atoms with Crippen molar-refractivity contribution in [2.45, 2.75) is 32.6 Å². The fourth-order valence-electron chi connectivity index (χ4n) is 3.50. The summed E-state index contributed by atoms with van der Waals surface area (Å²) in [6.07, 6.45) is 6.52. The van der Waals surface area contributed by atoms with E-state index in [-0.39, 0.29) is 30.7 Å². The van der Waals surface area contributed by atoms with Gasteiger partial charge in [0.25, 0.3) is 5.91 Å². The summed E-state index contributed by atoms with van der Waals surface area (Å²) in [5.74, 6) is 0.104. The molecule has 124 valence electrons. The molecule has 2 saturated heterocycles. The Hall–Kier alpha value is -0.840. The Morgan fingerprint density at radius 1 is 1.18 bits per heavy atom. The topological polar surface area (TPSA) is 45.2 Å². The van der Waals surface area contributed by atoms with Crippen LogP contribution in [0.3, 0.4) is 0 Å². The number of rotatable bonds is 1. The Labute approximate surface area is 144 Å². The molecule has 2 aliphatic rings. The maximum absolute atomic E-state index is 12.5. The highest BCUT2D eigenvalue weighted by atomic mass is 35.5. The summed E-state index contributed by atoms with van der Waals surface area (Å²) < 4.78 is 0. The smallest absolute Gasteiger partial charge is 0.272 e. The molecule has 4 nitrogen and oxygen atoms in total. The molecule has 0 saturated carbocycles. The van der Waals surface area contributed by atoms with Gasteiger partial charge in [-0.2, -0.15) is 0 Å². The number of halogens is 2. The minimum Gasteiger partial charge on any atom is -0.337 e. The monoisotopic (exact) mass is 345 g/mol. The number of piperidine rings is 2. The van der Waals surface area contributed by atoms with Gasteiger partial charge in [-0.3, -0.25) is 9.78 Å². The molecule has 1 aromatic heterocycles. The Bertz CT molecular complexity index is 494. The largest absolute Gasteiger partial charge is 0.337 e. The Balaban J connectivity index is 0.00000121. The molecule has 6 heteroatoms. The van der Waals surface area contributed by atoms with Crippen molar-refractivity contribution >= 4 is 30.7 Å². The zero-order valence-electron chi connectivity index (χ0n) is 13.0. The normalized spacial score (nSPS) is 20.0. The summed E-state index contributed by atoms with van der Waals surface area (Å²) in [6, 6.07) is 3.84. The molecule has 2 fully saturated rings. The summed E-state index contributed by atoms with van der Waals surface area (Å²) in [7, 11) is 0. The van der Waals surface area contributed by atoms with E-state index < -0.39 is 0 Å². The Kier molecular flexibility index (Phi) is 7.10. The number of hydrogen-bond acceptors (Lipinski definition) is 3. The number of pyridine rings is 1. The Morgan fingerprint density at radius 3 is 2.41 bits per heavy atom. The van der Waals surface area contributed by atoms with Crippen molar-refractivity contribution in [3.63, 3.8) is 0 Å². The quantitative estimate of drug-likeness (QED) is 0.851. The van der Waals surface area contributed by atoms with Crippen LogP contribution in [0, 0.1) is 12.3 Å². The minimum absolute atomic E-state index is 0. The van der Waals surface area contributed by atoms with Gasteiger partial charge < -0.3 is 10.2 Å². The standard InChI is InChI=1S/C16H23N3O.2ClH/c1-13-3-2-8-18-14(13)15(20)19-11-6-16(7-12-19)4-9-17-10-5-16;;/h2-3,8,17H,4-7,9-12H2,1H3;2*1H. The van der Waals surface area contributed by atoms with Crippen LogP contribution >= 0.6 is 24.8 Å². The third kappa shape index (κ3) is 3.92. The number of aryl methyl sites for hydroxylation is 1. The molecule has 1 N–H and O–H groups in total. The second-order valence-electron chi connectivity index (χ2n) is 6.21. The summed E-state index contributed by atoms with van der Waals surface area (Å²) in [4.78, 5) is 18.8. The van der Waals surface area contributed by atoms with E-state index in [1.807, 2.05) is 24.0 Å². The second-order valence-corrected chi connectivity index (χ2v) is 6.21. The molecule has 22 heavy (non-hydrogen) atoms. The number of aromatic nitrogens is 1. The third-order valence-corrected chi connectivity index (χ3v) is 4.99. The maximum atomic E-state index is 12.5. The van der Waals surface area contributed by atoms with Gasteiger partial charge in [0.05, 0.1) is 0 Å². The molecule has 0 aliphatic carbocycles. The fraction of sp³-hybridized carbons (Fsp3) is 0.625. The minimum atomic E-state index is 0. The average molecular weight is 346 g/mol. The van der Waals surface area contributed by atoms with E-state index >= 15 is 0 Å². The van der Waals surface area contributed by atoms with Crippen LogP contribution < -0.4 is 5.32 Å². The first kappa shape index (κ1) is 19.2. The number of carbonyl (C=O) groups is 1. The molecule has 3 heterocycles. The maximum Gasteiger partial charge on any atom is 0.272 e. The first-order chi connectivity index (χ1) is 9.70. The summed E-state index contributed by atoms with van der Waals surface area (Å²) in [6.45, 7) is 5.99. The molecule has 0 bridgehead atoms. The lowest BCUT2D eigenvalue weighted by atomic mass is 9.71. The van der Waals surface area contributed by atoms with Crippen LogP contribution in [0.2, 0.25) is 0 Å². The van der Waals surface area contributed by atoms with E-state index in [0.29, 0.717) is 11.1 Å². The lowest BCUT2D eigenvalue weighted by Gasteiger charge is -2.44. The highest BCUT2D eigenvalue weighted by Crippen LogP contribution is 2.39. The lowest BCUT2D eigenvalue weighted by molar-refractivity contribution is 0.0490. The highest BCUT2D eigenvalue weighted by molar-refractivity contribution is 5.93. The second kappa shape index (κ2) is 8.14. The summed E-state index contributed by atoms with van der Waals surface area (Å²) >= 11 is 0. The highest BCUT2D eigenvalue weighted by Gasteiger charge is 2.37. The van der Waals surface area contributed by atoms with Gasteiger partial charge in [0.15, 0.2) is 0 Å². The van der Waals surface area contributed by atoms with Gasteiger partial charge in [-0.25, -0.2) is 0 Å². The molecule has 0 atom stereocenters. The predicted molar refractivity (Wildman–Crippen MR) is 93.1 cm³/mol. The molecule has 1 aromatic rings. The lowest BCUT2D eigenvalue weighted by Crippen LogP contribution is -2.47. The van der Waals surface area contributed by atoms with Crippen molar-refractivity contribution in [2.75, 3.05) is 26.2 Å². The first-order valence-electron chi connectivity index (χ1n) is 7.62. The van der Waals surface area contributed by atoms with Crippen LogP contribution in [0.1, 0.15) is 41.7 Å². The van der Waals surface area contributed by atoms with Crippen molar-refractivity contribution in [3.05, 3.63) is 29.6 Å². The first-order valence-corrected chi connectivity index (χ1v) is 7.62. The number of hydrogen-bond donors (Lipinski definition) is 1. The van der Waals surface area contributed by atoms with Gasteiger partial charge in [0.2, 0.25) is 0 Å². The average Bonchev–Trinajstić information content (AvgIpc) is 2.49. The summed E-state index contributed by atoms with van der Waals surface area (Å²) in [5.41, 5.74) is 2.08. The number of nitrogens with zero attached hydrogens (tertiary/aromatic N) is 2. The van der Waals surface area contributed by atoms with Crippen molar-refractivity contribution in [2.24, 2.45) is 5.41 Å². The van der Waals surface area contributed by atoms with E-state index in [1.54, 1.807) is 6.20 Å². The number of amides is 1. The van der Waals surface area contributed by atoms with E-state index in [9.17, 15) is 4.79 Å². The van der Waals surface area contributed by atoms with Gasteiger partial charge in [-0.05, 0) is 62.7 Å². The van der Waals surface area contributed by atoms with Gasteiger partial charge in [0.1, 0.15) is 5.69 Å². The molecule has 0 unspecified atom stereocenters. The fourth-order valence-corrected chi connectivity index (χ4v) is 3.50. The molecular formula is C16H25Cl2N3O. The van der Waals surface area contributed by atoms with Crippen molar-refractivity contribution in [1.82, 2.24) is 15.2 Å². The molecule has 2 aliphatic heterocycles. The molecule has 3 rings (SSSR count). The van der Waals surface area contributed by atoms with Crippen LogP contribution in [0.5, 0.6) is 0 Å². The van der Waals surface area contributed by atoms with Gasteiger partial charge in [0, 0.05) is 19.3 Å². The molecule has 0 aromatic carbocycles. The van der Waals surface area contributed by atoms with Crippen LogP contribution in [-0.2, 0) is 0 Å². The zero-order chi connectivity index (χ0) is 14.0. The molecule has 1 amide bonds. The van der Waals surface area contributed by atoms with Gasteiger partial charge >= 0.3 is 0 Å². The third-order valence-electron chi connectivity index (χ3n) is 4.99. The Morgan fingerprint density at radius 2 is 1.82 bits per heavy atom. The van der Waals surface area contributed by atoms with Crippen LogP contribution in [0.15, 0.2) is 18.3 Å². The number of carbonyl (C=O) groups excluding carboxylic acids is 1. The molecule has 1 spiro atoms. The van der Waals surface area contributed by atoms with E-state index in [2.05, 4.69) is 10.3 Å². The van der Waals surface area contributed by atoms with Gasteiger partial charge in [-0.1, -0.05) is 6.07 Å². The zero-order valence-corrected chi connectivity index (χ0v) is 14.6. The summed E-state index contributed by atoms with van der Waals surface area (Å²) in [5, 5.41) is 3.43. The predicted octanol–water partition coefficient (Wildman–Crippen LogP) is 2.84. The van der Waals surface area contributed by atoms with Crippen LogP contribution in [0.25, 0.3) is 0 Å². The van der Waals surface area contributed by atoms with Crippen molar-refractivity contribution in [1.29, 1.82) is 0 Å². The van der Waals surface area contributed by atoms with Crippen LogP contribution in [0.4, 0.5) is 0 Å². The van der Waals surface area contributed by atoms with E-state index in [4.69, 9.17) is 0 Å². The van der Waals surface area contributed by atoms with Crippen LogP contribution in [-0.4, -0.2) is 42.0 Å². The van der Waals surface area contributed by atoms with E-state index in [1.165, 1.54) is 12.8 Å².